The highest BCUT2D eigenvalue weighted by Gasteiger charge is 2.35. The van der Waals surface area contributed by atoms with Crippen molar-refractivity contribution in [2.24, 2.45) is 11.8 Å². The zero-order chi connectivity index (χ0) is 18.2. The molecule has 0 aromatic heterocycles. The summed E-state index contributed by atoms with van der Waals surface area (Å²) in [7, 11) is 0. The molecule has 0 aromatic carbocycles. The van der Waals surface area contributed by atoms with E-state index in [1.165, 1.54) is 0 Å². The number of aliphatic hydroxyl groups excluding tert-OH is 2. The fourth-order valence-electron chi connectivity index (χ4n) is 2.94. The summed E-state index contributed by atoms with van der Waals surface area (Å²) < 4.78 is 5.96. The van der Waals surface area contributed by atoms with Gasteiger partial charge in [0.05, 0.1) is 24.9 Å². The Morgan fingerprint density at radius 2 is 2.12 bits per heavy atom. The number of carbonyl (C=O) groups is 1. The van der Waals surface area contributed by atoms with Crippen LogP contribution in [0.2, 0.25) is 0 Å². The SMILES string of the molecule is CC(C)/C=C/C(=O)C(C)CCC[C@]1(C)OC/C(=C/CO)CC[C@H]1O. The minimum absolute atomic E-state index is 0.00336. The fourth-order valence-corrected chi connectivity index (χ4v) is 2.94. The first kappa shape index (κ1) is 21.1. The molecule has 1 unspecified atom stereocenters. The second-order valence-electron chi connectivity index (χ2n) is 7.50. The monoisotopic (exact) mass is 338 g/mol. The van der Waals surface area contributed by atoms with E-state index in [9.17, 15) is 9.90 Å². The molecule has 1 aliphatic heterocycles. The number of ketones is 1. The smallest absolute Gasteiger partial charge is 0.158 e. The van der Waals surface area contributed by atoms with E-state index >= 15 is 0 Å². The van der Waals surface area contributed by atoms with Crippen LogP contribution in [-0.4, -0.2) is 40.9 Å². The van der Waals surface area contributed by atoms with Crippen LogP contribution in [0.1, 0.15) is 59.8 Å². The maximum Gasteiger partial charge on any atom is 0.158 e. The first-order chi connectivity index (χ1) is 11.3. The summed E-state index contributed by atoms with van der Waals surface area (Å²) in [5.41, 5.74) is 0.462. The number of ether oxygens (including phenoxy) is 1. The predicted octanol–water partition coefficient (Wildman–Crippen LogP) is 3.42. The third-order valence-corrected chi connectivity index (χ3v) is 4.85. The Labute approximate surface area is 146 Å². The van der Waals surface area contributed by atoms with Gasteiger partial charge in [0.1, 0.15) is 0 Å². The second-order valence-corrected chi connectivity index (χ2v) is 7.50. The van der Waals surface area contributed by atoms with E-state index in [1.54, 1.807) is 12.2 Å². The van der Waals surface area contributed by atoms with Crippen LogP contribution in [0.5, 0.6) is 0 Å². The Bertz CT molecular complexity index is 453. The summed E-state index contributed by atoms with van der Waals surface area (Å²) >= 11 is 0. The molecule has 0 aliphatic carbocycles. The lowest BCUT2D eigenvalue weighted by Crippen LogP contribution is -2.41. The summed E-state index contributed by atoms with van der Waals surface area (Å²) in [6, 6.07) is 0. The van der Waals surface area contributed by atoms with Crippen molar-refractivity contribution in [2.75, 3.05) is 13.2 Å². The van der Waals surface area contributed by atoms with E-state index < -0.39 is 11.7 Å². The first-order valence-corrected chi connectivity index (χ1v) is 9.11. The molecule has 24 heavy (non-hydrogen) atoms. The van der Waals surface area contributed by atoms with Crippen LogP contribution < -0.4 is 0 Å². The van der Waals surface area contributed by atoms with Gasteiger partial charge in [0, 0.05) is 5.92 Å². The molecule has 1 fully saturated rings. The fraction of sp³-hybridized carbons (Fsp3) is 0.750. The van der Waals surface area contributed by atoms with Crippen molar-refractivity contribution in [1.82, 2.24) is 0 Å². The summed E-state index contributed by atoms with van der Waals surface area (Å²) in [5.74, 6) is 0.552. The third-order valence-electron chi connectivity index (χ3n) is 4.85. The van der Waals surface area contributed by atoms with Crippen molar-refractivity contribution in [1.29, 1.82) is 0 Å². The molecule has 0 spiro atoms. The predicted molar refractivity (Wildman–Crippen MR) is 96.8 cm³/mol. The third kappa shape index (κ3) is 6.88. The van der Waals surface area contributed by atoms with Gasteiger partial charge in [-0.1, -0.05) is 32.9 Å². The Hall–Kier alpha value is -0.970. The van der Waals surface area contributed by atoms with Crippen molar-refractivity contribution in [3.63, 3.8) is 0 Å². The first-order valence-electron chi connectivity index (χ1n) is 9.11. The zero-order valence-corrected chi connectivity index (χ0v) is 15.6. The second kappa shape index (κ2) is 10.1. The standard InChI is InChI=1S/C20H34O4/c1-15(2)7-9-18(22)16(3)6-5-12-20(4)19(23)10-8-17(11-13-21)14-24-20/h7,9,11,15-16,19,21,23H,5-6,8,10,12-14H2,1-4H3/b9-7+,17-11+/t16?,19-,20+/m1/s1. The van der Waals surface area contributed by atoms with Crippen molar-refractivity contribution < 1.29 is 19.7 Å². The van der Waals surface area contributed by atoms with Crippen LogP contribution in [0.3, 0.4) is 0 Å². The van der Waals surface area contributed by atoms with Crippen molar-refractivity contribution in [3.05, 3.63) is 23.8 Å². The Morgan fingerprint density at radius 3 is 2.75 bits per heavy atom. The van der Waals surface area contributed by atoms with Crippen LogP contribution in [0.25, 0.3) is 0 Å². The Kier molecular flexibility index (Phi) is 8.88. The molecule has 0 saturated carbocycles. The molecule has 0 amide bonds. The number of hydrogen-bond acceptors (Lipinski definition) is 4. The van der Waals surface area contributed by atoms with Crippen LogP contribution >= 0.6 is 0 Å². The van der Waals surface area contributed by atoms with Gasteiger partial charge in [-0.25, -0.2) is 0 Å². The van der Waals surface area contributed by atoms with E-state index in [1.807, 2.05) is 19.9 Å². The minimum Gasteiger partial charge on any atom is -0.392 e. The van der Waals surface area contributed by atoms with E-state index in [-0.39, 0.29) is 18.3 Å². The van der Waals surface area contributed by atoms with Crippen molar-refractivity contribution >= 4 is 5.78 Å². The van der Waals surface area contributed by atoms with Gasteiger partial charge in [-0.2, -0.15) is 0 Å². The highest BCUT2D eigenvalue weighted by Crippen LogP contribution is 2.31. The lowest BCUT2D eigenvalue weighted by Gasteiger charge is -2.33. The molecule has 0 bridgehead atoms. The normalized spacial score (nSPS) is 28.5. The Balaban J connectivity index is 2.50. The zero-order valence-electron chi connectivity index (χ0n) is 15.6. The lowest BCUT2D eigenvalue weighted by atomic mass is 9.87. The summed E-state index contributed by atoms with van der Waals surface area (Å²) in [6.45, 7) is 8.49. The molecule has 4 nitrogen and oxygen atoms in total. The van der Waals surface area contributed by atoms with Gasteiger partial charge in [-0.15, -0.1) is 0 Å². The van der Waals surface area contributed by atoms with Gasteiger partial charge in [0.25, 0.3) is 0 Å². The molecule has 0 radical (unpaired) electrons. The summed E-state index contributed by atoms with van der Waals surface area (Å²) in [5, 5.41) is 19.4. The number of hydrogen-bond donors (Lipinski definition) is 2. The van der Waals surface area contributed by atoms with Gasteiger partial charge in [0.15, 0.2) is 5.78 Å². The summed E-state index contributed by atoms with van der Waals surface area (Å²) in [4.78, 5) is 12.0. The molecule has 1 rings (SSSR count). The molecule has 4 heteroatoms. The van der Waals surface area contributed by atoms with Crippen molar-refractivity contribution in [3.8, 4) is 0 Å². The van der Waals surface area contributed by atoms with E-state index in [4.69, 9.17) is 9.84 Å². The van der Waals surface area contributed by atoms with E-state index in [0.29, 0.717) is 18.9 Å². The topological polar surface area (TPSA) is 66.8 Å². The lowest BCUT2D eigenvalue weighted by molar-refractivity contribution is -0.118. The van der Waals surface area contributed by atoms with Gasteiger partial charge in [-0.05, 0) is 56.6 Å². The van der Waals surface area contributed by atoms with Crippen LogP contribution in [0, 0.1) is 11.8 Å². The quantitative estimate of drug-likeness (QED) is 0.526. The number of allylic oxidation sites excluding steroid dienone is 2. The van der Waals surface area contributed by atoms with Crippen LogP contribution in [-0.2, 0) is 9.53 Å². The van der Waals surface area contributed by atoms with Gasteiger partial charge < -0.3 is 14.9 Å². The molecule has 1 saturated heterocycles. The van der Waals surface area contributed by atoms with Gasteiger partial charge in [0.2, 0.25) is 0 Å². The molecular weight excluding hydrogens is 304 g/mol. The van der Waals surface area contributed by atoms with Crippen LogP contribution in [0.15, 0.2) is 23.8 Å². The van der Waals surface area contributed by atoms with Gasteiger partial charge in [-0.3, -0.25) is 4.79 Å². The highest BCUT2D eigenvalue weighted by atomic mass is 16.5. The van der Waals surface area contributed by atoms with E-state index in [0.717, 1.165) is 31.3 Å². The number of carbonyl (C=O) groups excluding carboxylic acids is 1. The molecule has 1 heterocycles. The molecule has 2 N–H and O–H groups in total. The largest absolute Gasteiger partial charge is 0.392 e. The summed E-state index contributed by atoms with van der Waals surface area (Å²) in [6.07, 6.45) is 8.65. The highest BCUT2D eigenvalue weighted by molar-refractivity contribution is 5.91. The molecule has 1 aliphatic rings. The molecule has 3 atom stereocenters. The average molecular weight is 338 g/mol. The van der Waals surface area contributed by atoms with Gasteiger partial charge >= 0.3 is 0 Å². The average Bonchev–Trinajstić information content (AvgIpc) is 2.66. The van der Waals surface area contributed by atoms with E-state index in [2.05, 4.69) is 13.8 Å². The molecule has 138 valence electrons. The number of aliphatic hydroxyl groups is 2. The molecule has 0 aromatic rings. The maximum absolute atomic E-state index is 12.0. The maximum atomic E-state index is 12.0. The van der Waals surface area contributed by atoms with Crippen molar-refractivity contribution in [2.45, 2.75) is 71.5 Å². The number of rotatable bonds is 8. The van der Waals surface area contributed by atoms with Crippen LogP contribution in [0.4, 0.5) is 0 Å². The Morgan fingerprint density at radius 1 is 1.42 bits per heavy atom. The molecular formula is C20H34O4. The minimum atomic E-state index is -0.582.